The monoisotopic (exact) mass is 368 g/mol. The van der Waals surface area contributed by atoms with Crippen molar-refractivity contribution in [3.8, 4) is 17.2 Å². The minimum atomic E-state index is -0.346. The van der Waals surface area contributed by atoms with Crippen molar-refractivity contribution >= 4 is 11.6 Å². The SMILES string of the molecule is CCOc1ccccc1NC(=O)Cn1cc(-c2nc(CC)no2)ccc1=O. The van der Waals surface area contributed by atoms with E-state index in [1.807, 2.05) is 19.9 Å². The van der Waals surface area contributed by atoms with Gasteiger partial charge < -0.3 is 19.1 Å². The molecule has 3 aromatic rings. The van der Waals surface area contributed by atoms with E-state index in [4.69, 9.17) is 9.26 Å². The Bertz CT molecular complexity index is 993. The highest BCUT2D eigenvalue weighted by molar-refractivity contribution is 5.92. The molecule has 0 aliphatic rings. The summed E-state index contributed by atoms with van der Waals surface area (Å²) in [7, 11) is 0. The summed E-state index contributed by atoms with van der Waals surface area (Å²) < 4.78 is 12.0. The highest BCUT2D eigenvalue weighted by atomic mass is 16.5. The zero-order valence-electron chi connectivity index (χ0n) is 15.1. The molecule has 1 N–H and O–H groups in total. The number of hydrogen-bond acceptors (Lipinski definition) is 6. The summed E-state index contributed by atoms with van der Waals surface area (Å²) in [5.41, 5.74) is 0.824. The van der Waals surface area contributed by atoms with Gasteiger partial charge in [0.25, 0.3) is 11.4 Å². The Morgan fingerprint density at radius 3 is 2.78 bits per heavy atom. The van der Waals surface area contributed by atoms with Crippen LogP contribution < -0.4 is 15.6 Å². The number of aromatic nitrogens is 3. The predicted octanol–water partition coefficient (Wildman–Crippen LogP) is 2.50. The van der Waals surface area contributed by atoms with Gasteiger partial charge in [-0.05, 0) is 25.1 Å². The maximum Gasteiger partial charge on any atom is 0.259 e. The summed E-state index contributed by atoms with van der Waals surface area (Å²) in [6.07, 6.45) is 2.17. The molecular weight excluding hydrogens is 348 g/mol. The van der Waals surface area contributed by atoms with Gasteiger partial charge in [0.15, 0.2) is 5.82 Å². The number of ether oxygens (including phenoxy) is 1. The third kappa shape index (κ3) is 4.41. The lowest BCUT2D eigenvalue weighted by molar-refractivity contribution is -0.116. The van der Waals surface area contributed by atoms with E-state index >= 15 is 0 Å². The van der Waals surface area contributed by atoms with Gasteiger partial charge in [0.2, 0.25) is 5.91 Å². The number of para-hydroxylation sites is 2. The van der Waals surface area contributed by atoms with Gasteiger partial charge in [-0.1, -0.05) is 24.2 Å². The maximum atomic E-state index is 12.4. The van der Waals surface area contributed by atoms with Crippen LogP contribution in [0.25, 0.3) is 11.5 Å². The molecule has 0 atom stereocenters. The lowest BCUT2D eigenvalue weighted by atomic mass is 10.2. The molecule has 140 valence electrons. The van der Waals surface area contributed by atoms with Crippen molar-refractivity contribution in [3.05, 3.63) is 58.8 Å². The number of amides is 1. The van der Waals surface area contributed by atoms with Crippen molar-refractivity contribution in [2.75, 3.05) is 11.9 Å². The van der Waals surface area contributed by atoms with E-state index in [2.05, 4.69) is 15.5 Å². The molecule has 0 spiro atoms. The van der Waals surface area contributed by atoms with Crippen molar-refractivity contribution in [2.24, 2.45) is 0 Å². The number of carbonyl (C=O) groups excluding carboxylic acids is 1. The second kappa shape index (κ2) is 8.31. The molecule has 1 amide bonds. The van der Waals surface area contributed by atoms with E-state index in [0.29, 0.717) is 41.7 Å². The molecule has 0 unspecified atom stereocenters. The summed E-state index contributed by atoms with van der Waals surface area (Å²) in [6.45, 7) is 4.12. The lowest BCUT2D eigenvalue weighted by Crippen LogP contribution is -2.27. The maximum absolute atomic E-state index is 12.4. The molecule has 0 aliphatic heterocycles. The lowest BCUT2D eigenvalue weighted by Gasteiger charge is -2.12. The van der Waals surface area contributed by atoms with Crippen LogP contribution in [-0.4, -0.2) is 27.2 Å². The molecule has 0 bridgehead atoms. The third-order valence-electron chi connectivity index (χ3n) is 3.79. The molecule has 0 saturated heterocycles. The molecular formula is C19H20N4O4. The Balaban J connectivity index is 1.78. The van der Waals surface area contributed by atoms with Gasteiger partial charge in [-0.3, -0.25) is 9.59 Å². The predicted molar refractivity (Wildman–Crippen MR) is 99.6 cm³/mol. The molecule has 2 heterocycles. The van der Waals surface area contributed by atoms with Gasteiger partial charge in [0, 0.05) is 18.7 Å². The molecule has 0 fully saturated rings. The average Bonchev–Trinajstić information content (AvgIpc) is 3.14. The van der Waals surface area contributed by atoms with Crippen LogP contribution >= 0.6 is 0 Å². The van der Waals surface area contributed by atoms with E-state index < -0.39 is 0 Å². The molecule has 0 saturated carbocycles. The van der Waals surface area contributed by atoms with Crippen molar-refractivity contribution in [3.63, 3.8) is 0 Å². The summed E-state index contributed by atoms with van der Waals surface area (Å²) >= 11 is 0. The molecule has 0 aliphatic carbocycles. The number of anilines is 1. The van der Waals surface area contributed by atoms with Crippen molar-refractivity contribution in [2.45, 2.75) is 26.8 Å². The molecule has 0 radical (unpaired) electrons. The molecule has 27 heavy (non-hydrogen) atoms. The fourth-order valence-electron chi connectivity index (χ4n) is 2.49. The van der Waals surface area contributed by atoms with Crippen molar-refractivity contribution in [1.29, 1.82) is 0 Å². The fraction of sp³-hybridized carbons (Fsp3) is 0.263. The first-order valence-corrected chi connectivity index (χ1v) is 8.65. The zero-order chi connectivity index (χ0) is 19.2. The first-order chi connectivity index (χ1) is 13.1. The van der Waals surface area contributed by atoms with E-state index in [0.717, 1.165) is 0 Å². The standard InChI is InChI=1S/C19H20N4O4/c1-3-16-21-19(27-22-16)13-9-10-18(25)23(11-13)12-17(24)20-14-7-5-6-8-15(14)26-4-2/h5-11H,3-4,12H2,1-2H3,(H,20,24). The normalized spacial score (nSPS) is 10.6. The van der Waals surface area contributed by atoms with Crippen LogP contribution in [0.3, 0.4) is 0 Å². The summed E-state index contributed by atoms with van der Waals surface area (Å²) in [4.78, 5) is 28.8. The Labute approximate surface area is 155 Å². The summed E-state index contributed by atoms with van der Waals surface area (Å²) in [5, 5.41) is 6.61. The summed E-state index contributed by atoms with van der Waals surface area (Å²) in [5.74, 6) is 1.12. The van der Waals surface area contributed by atoms with Gasteiger partial charge in [0.1, 0.15) is 12.3 Å². The Morgan fingerprint density at radius 1 is 1.22 bits per heavy atom. The van der Waals surface area contributed by atoms with E-state index in [9.17, 15) is 9.59 Å². The van der Waals surface area contributed by atoms with Gasteiger partial charge in [-0.2, -0.15) is 4.98 Å². The van der Waals surface area contributed by atoms with Crippen LogP contribution in [0.2, 0.25) is 0 Å². The Morgan fingerprint density at radius 2 is 2.04 bits per heavy atom. The van der Waals surface area contributed by atoms with Gasteiger partial charge in [0.05, 0.1) is 17.9 Å². The molecule has 3 rings (SSSR count). The van der Waals surface area contributed by atoms with E-state index in [1.54, 1.807) is 24.3 Å². The van der Waals surface area contributed by atoms with Gasteiger partial charge >= 0.3 is 0 Å². The number of aryl methyl sites for hydroxylation is 1. The zero-order valence-corrected chi connectivity index (χ0v) is 15.1. The van der Waals surface area contributed by atoms with Crippen molar-refractivity contribution in [1.82, 2.24) is 14.7 Å². The summed E-state index contributed by atoms with van der Waals surface area (Å²) in [6, 6.07) is 10.1. The number of rotatable bonds is 7. The minimum Gasteiger partial charge on any atom is -0.492 e. The second-order valence-corrected chi connectivity index (χ2v) is 5.73. The highest BCUT2D eigenvalue weighted by Gasteiger charge is 2.12. The first-order valence-electron chi connectivity index (χ1n) is 8.65. The number of carbonyl (C=O) groups is 1. The average molecular weight is 368 g/mol. The Hall–Kier alpha value is -3.42. The van der Waals surface area contributed by atoms with Crippen LogP contribution in [0.15, 0.2) is 51.9 Å². The number of pyridine rings is 1. The number of nitrogens with one attached hydrogen (secondary N) is 1. The van der Waals surface area contributed by atoms with Crippen LogP contribution in [0, 0.1) is 0 Å². The Kier molecular flexibility index (Phi) is 5.65. The quantitative estimate of drug-likeness (QED) is 0.688. The number of nitrogens with zero attached hydrogens (tertiary/aromatic N) is 3. The van der Waals surface area contributed by atoms with Gasteiger partial charge in [-0.25, -0.2) is 0 Å². The third-order valence-corrected chi connectivity index (χ3v) is 3.79. The molecule has 8 heteroatoms. The first kappa shape index (κ1) is 18.4. The van der Waals surface area contributed by atoms with E-state index in [-0.39, 0.29) is 18.0 Å². The highest BCUT2D eigenvalue weighted by Crippen LogP contribution is 2.23. The molecule has 8 nitrogen and oxygen atoms in total. The smallest absolute Gasteiger partial charge is 0.259 e. The van der Waals surface area contributed by atoms with Gasteiger partial charge in [-0.15, -0.1) is 0 Å². The largest absolute Gasteiger partial charge is 0.492 e. The molecule has 1 aromatic carbocycles. The van der Waals surface area contributed by atoms with Crippen molar-refractivity contribution < 1.29 is 14.1 Å². The minimum absolute atomic E-state index is 0.151. The number of benzene rings is 1. The van der Waals surface area contributed by atoms with Crippen LogP contribution in [0.4, 0.5) is 5.69 Å². The van der Waals surface area contributed by atoms with E-state index in [1.165, 1.54) is 16.8 Å². The van der Waals surface area contributed by atoms with Crippen LogP contribution in [0.5, 0.6) is 5.75 Å². The molecule has 2 aromatic heterocycles. The second-order valence-electron chi connectivity index (χ2n) is 5.73. The number of hydrogen-bond donors (Lipinski definition) is 1. The topological polar surface area (TPSA) is 99.2 Å². The van der Waals surface area contributed by atoms with Crippen LogP contribution in [-0.2, 0) is 17.8 Å². The fourth-order valence-corrected chi connectivity index (χ4v) is 2.49. The van der Waals surface area contributed by atoms with Crippen LogP contribution in [0.1, 0.15) is 19.7 Å².